The van der Waals surface area contributed by atoms with Crippen molar-refractivity contribution in [2.24, 2.45) is 0 Å². The van der Waals surface area contributed by atoms with Crippen LogP contribution in [-0.2, 0) is 9.36 Å². The second kappa shape index (κ2) is 11.7. The summed E-state index contributed by atoms with van der Waals surface area (Å²) >= 11 is 0.0593. The van der Waals surface area contributed by atoms with E-state index in [1.807, 2.05) is 45.9 Å². The minimum absolute atomic E-state index is 0. The average Bonchev–Trinajstić information content (AvgIpc) is 2.35. The molecule has 0 aromatic heterocycles. The summed E-state index contributed by atoms with van der Waals surface area (Å²) in [5.74, 6) is -0.455. The molecule has 0 fully saturated rings. The number of hydrogen-bond donors (Lipinski definition) is 0. The Morgan fingerprint density at radius 2 is 1.57 bits per heavy atom. The van der Waals surface area contributed by atoms with Crippen LogP contribution in [0.5, 0.6) is 5.75 Å². The molecule has 23 heavy (non-hydrogen) atoms. The first-order valence-corrected chi connectivity index (χ1v) is 9.75. The number of benzene rings is 1. The summed E-state index contributed by atoms with van der Waals surface area (Å²) in [5, 5.41) is 0. The number of carbonyl (C=O) groups is 1. The summed E-state index contributed by atoms with van der Waals surface area (Å²) in [6.45, 7) is 3.15. The molecule has 0 aliphatic rings. The van der Waals surface area contributed by atoms with Crippen LogP contribution in [-0.4, -0.2) is 11.7 Å². The van der Waals surface area contributed by atoms with Crippen molar-refractivity contribution in [2.45, 2.75) is 39.5 Å². The normalized spacial score (nSPS) is 11.0. The fourth-order valence-electron chi connectivity index (χ4n) is 1.88. The van der Waals surface area contributed by atoms with Crippen LogP contribution in [0, 0.1) is 0 Å². The average molecular weight is 376 g/mol. The molecular formula is C14H19Na2O5PS. The first-order chi connectivity index (χ1) is 9.61. The Bertz CT molecular complexity index is 534. The Kier molecular flexibility index (Phi) is 13.5. The molecule has 0 atom stereocenters. The number of para-hydroxylation sites is 1. The molecule has 0 heterocycles. The van der Waals surface area contributed by atoms with Crippen molar-refractivity contribution in [2.75, 3.05) is 5.75 Å². The van der Waals surface area contributed by atoms with Crippen LogP contribution in [0.4, 0.5) is 0 Å². The SMILES string of the molecule is CC(C)c1cccc(C(C)C)c1OC(=O)CSP(=O)([O-])[O-].[Na+].[Na+]. The van der Waals surface area contributed by atoms with Crippen LogP contribution in [0.1, 0.15) is 50.7 Å². The van der Waals surface area contributed by atoms with E-state index in [4.69, 9.17) is 4.74 Å². The Morgan fingerprint density at radius 1 is 1.13 bits per heavy atom. The molecule has 0 bridgehead atoms. The Balaban J connectivity index is 0. The minimum Gasteiger partial charge on any atom is -0.803 e. The number of rotatable bonds is 6. The molecule has 0 unspecified atom stereocenters. The van der Waals surface area contributed by atoms with Crippen molar-refractivity contribution in [3.05, 3.63) is 29.3 Å². The van der Waals surface area contributed by atoms with Gasteiger partial charge in [-0.2, -0.15) is 0 Å². The van der Waals surface area contributed by atoms with Gasteiger partial charge >= 0.3 is 65.1 Å². The van der Waals surface area contributed by atoms with E-state index < -0.39 is 18.5 Å². The third-order valence-corrected chi connectivity index (χ3v) is 4.89. The van der Waals surface area contributed by atoms with Gasteiger partial charge in [0.1, 0.15) is 5.75 Å². The summed E-state index contributed by atoms with van der Waals surface area (Å²) in [5.41, 5.74) is 1.76. The first-order valence-electron chi connectivity index (χ1n) is 6.62. The molecule has 1 aromatic carbocycles. The number of esters is 1. The molecule has 1 rings (SSSR count). The van der Waals surface area contributed by atoms with Gasteiger partial charge in [-0.25, -0.2) is 0 Å². The van der Waals surface area contributed by atoms with Gasteiger partial charge in [0.05, 0.1) is 5.75 Å². The van der Waals surface area contributed by atoms with Crippen molar-refractivity contribution in [1.82, 2.24) is 0 Å². The summed E-state index contributed by atoms with van der Waals surface area (Å²) in [6, 6.07) is 5.65. The standard InChI is InChI=1S/C14H21O5PS.2Na/c1-9(2)11-6-5-7-12(10(3)4)14(11)19-13(15)8-21-20(16,17)18;;/h5-7,9-10H,8H2,1-4H3,(H2,16,17,18);;/q;2*+1/p-2. The zero-order chi connectivity index (χ0) is 16.2. The van der Waals surface area contributed by atoms with Gasteiger partial charge in [-0.3, -0.25) is 4.79 Å². The fourth-order valence-corrected chi connectivity index (χ4v) is 2.99. The van der Waals surface area contributed by atoms with Crippen LogP contribution >= 0.6 is 18.2 Å². The smallest absolute Gasteiger partial charge is 0.803 e. The number of carbonyl (C=O) groups excluding carboxylic acids is 1. The molecule has 0 amide bonds. The van der Waals surface area contributed by atoms with Crippen molar-refractivity contribution in [3.63, 3.8) is 0 Å². The van der Waals surface area contributed by atoms with E-state index in [-0.39, 0.29) is 82.3 Å². The molecule has 5 nitrogen and oxygen atoms in total. The molecule has 0 radical (unpaired) electrons. The van der Waals surface area contributed by atoms with E-state index in [0.29, 0.717) is 5.75 Å². The molecule has 0 aliphatic heterocycles. The van der Waals surface area contributed by atoms with E-state index in [0.717, 1.165) is 11.1 Å². The number of ether oxygens (including phenoxy) is 1. The molecule has 0 saturated heterocycles. The Hall–Kier alpha value is 1.19. The zero-order valence-electron chi connectivity index (χ0n) is 14.5. The zero-order valence-corrected chi connectivity index (χ0v) is 20.2. The second-order valence-electron chi connectivity index (χ2n) is 5.27. The summed E-state index contributed by atoms with van der Waals surface area (Å²) < 4.78 is 15.9. The maximum absolute atomic E-state index is 11.8. The van der Waals surface area contributed by atoms with Gasteiger partial charge in [0.2, 0.25) is 0 Å². The first kappa shape index (κ1) is 26.4. The topological polar surface area (TPSA) is 89.5 Å². The molecule has 118 valence electrons. The molecule has 9 heteroatoms. The van der Waals surface area contributed by atoms with Crippen molar-refractivity contribution in [1.29, 1.82) is 0 Å². The largest absolute Gasteiger partial charge is 1.00 e. The van der Waals surface area contributed by atoms with Crippen molar-refractivity contribution < 1.29 is 83.0 Å². The van der Waals surface area contributed by atoms with Gasteiger partial charge in [-0.15, -0.1) is 11.4 Å². The van der Waals surface area contributed by atoms with E-state index >= 15 is 0 Å². The third kappa shape index (κ3) is 9.45. The fraction of sp³-hybridized carbons (Fsp3) is 0.500. The van der Waals surface area contributed by atoms with Crippen LogP contribution in [0.2, 0.25) is 0 Å². The molecule has 0 N–H and O–H groups in total. The summed E-state index contributed by atoms with van der Waals surface area (Å²) in [6.07, 6.45) is 0. The summed E-state index contributed by atoms with van der Waals surface area (Å²) in [7, 11) is 0. The van der Waals surface area contributed by atoms with Crippen molar-refractivity contribution in [3.8, 4) is 5.75 Å². The molecule has 0 saturated carbocycles. The van der Waals surface area contributed by atoms with Gasteiger partial charge in [0, 0.05) is 0 Å². The van der Waals surface area contributed by atoms with Crippen LogP contribution in [0.3, 0.4) is 0 Å². The van der Waals surface area contributed by atoms with Crippen LogP contribution in [0.25, 0.3) is 0 Å². The molecule has 0 aliphatic carbocycles. The number of hydrogen-bond acceptors (Lipinski definition) is 6. The van der Waals surface area contributed by atoms with Gasteiger partial charge in [-0.05, 0) is 29.8 Å². The van der Waals surface area contributed by atoms with Gasteiger partial charge in [0.25, 0.3) is 0 Å². The Morgan fingerprint density at radius 3 is 1.91 bits per heavy atom. The minimum atomic E-state index is -4.77. The van der Waals surface area contributed by atoms with Crippen molar-refractivity contribution >= 4 is 24.1 Å². The quantitative estimate of drug-likeness (QED) is 0.221. The summed E-state index contributed by atoms with van der Waals surface area (Å²) in [4.78, 5) is 32.9. The maximum Gasteiger partial charge on any atom is 1.00 e. The molecule has 0 spiro atoms. The van der Waals surface area contributed by atoms with E-state index in [2.05, 4.69) is 0 Å². The van der Waals surface area contributed by atoms with E-state index in [1.165, 1.54) is 0 Å². The molecular weight excluding hydrogens is 357 g/mol. The van der Waals surface area contributed by atoms with Gasteiger partial charge < -0.3 is 19.1 Å². The van der Waals surface area contributed by atoms with Gasteiger partial charge in [-0.1, -0.05) is 45.9 Å². The monoisotopic (exact) mass is 376 g/mol. The van der Waals surface area contributed by atoms with Gasteiger partial charge in [0.15, 0.2) is 0 Å². The van der Waals surface area contributed by atoms with E-state index in [9.17, 15) is 19.1 Å². The predicted molar refractivity (Wildman–Crippen MR) is 80.3 cm³/mol. The van der Waals surface area contributed by atoms with Crippen LogP contribution in [0.15, 0.2) is 18.2 Å². The van der Waals surface area contributed by atoms with Crippen LogP contribution < -0.4 is 73.6 Å². The van der Waals surface area contributed by atoms with E-state index in [1.54, 1.807) is 0 Å². The Labute approximate surface area is 185 Å². The molecule has 1 aromatic rings. The third-order valence-electron chi connectivity index (χ3n) is 2.88. The second-order valence-corrected chi connectivity index (χ2v) is 8.83. The predicted octanol–water partition coefficient (Wildman–Crippen LogP) is -3.59. The maximum atomic E-state index is 11.8.